The smallest absolute Gasteiger partial charge is 0.295 e. The van der Waals surface area contributed by atoms with Crippen LogP contribution in [-0.4, -0.2) is 28.5 Å². The Bertz CT molecular complexity index is 285. The molecule has 0 aromatic heterocycles. The van der Waals surface area contributed by atoms with Gasteiger partial charge in [0.15, 0.2) is 5.70 Å². The fourth-order valence-electron chi connectivity index (χ4n) is 1.06. The third-order valence-corrected chi connectivity index (χ3v) is 1.63. The summed E-state index contributed by atoms with van der Waals surface area (Å²) in [5, 5.41) is 12.1. The molecule has 0 saturated carbocycles. The van der Waals surface area contributed by atoms with Crippen molar-refractivity contribution in [1.29, 1.82) is 0 Å². The lowest BCUT2D eigenvalue weighted by Gasteiger charge is -2.16. The number of hydrogen-bond acceptors (Lipinski definition) is 5. The number of hydrogen-bond donors (Lipinski definition) is 3. The zero-order valence-electron chi connectivity index (χ0n) is 7.20. The third-order valence-electron chi connectivity index (χ3n) is 1.63. The molecule has 72 valence electrons. The van der Waals surface area contributed by atoms with Crippen molar-refractivity contribution in [2.24, 2.45) is 5.84 Å². The van der Waals surface area contributed by atoms with Crippen LogP contribution in [0, 0.1) is 0 Å². The number of rotatable bonds is 3. The Hall–Kier alpha value is -1.56. The Labute approximate surface area is 75.0 Å². The zero-order valence-corrected chi connectivity index (χ0v) is 7.20. The number of carbonyl (C=O) groups is 2. The van der Waals surface area contributed by atoms with E-state index in [4.69, 9.17) is 10.9 Å². The fraction of sp³-hybridized carbons (Fsp3) is 0.429. The number of carbonyl (C=O) groups excluding carboxylic acids is 2. The average molecular weight is 185 g/mol. The van der Waals surface area contributed by atoms with E-state index in [1.807, 2.05) is 12.2 Å². The number of aliphatic hydroxyl groups excluding tert-OH is 1. The first-order valence-electron chi connectivity index (χ1n) is 3.89. The molecule has 1 rings (SSSR count). The molecule has 6 heteroatoms. The molecule has 0 aliphatic carbocycles. The van der Waals surface area contributed by atoms with E-state index in [0.717, 1.165) is 11.4 Å². The number of imide groups is 1. The van der Waals surface area contributed by atoms with Gasteiger partial charge >= 0.3 is 0 Å². The van der Waals surface area contributed by atoms with E-state index < -0.39 is 17.6 Å². The third kappa shape index (κ3) is 1.62. The first kappa shape index (κ1) is 9.53. The van der Waals surface area contributed by atoms with Crippen molar-refractivity contribution in [1.82, 2.24) is 10.3 Å². The predicted octanol–water partition coefficient (Wildman–Crippen LogP) is -1.00. The minimum absolute atomic E-state index is 0.160. The lowest BCUT2D eigenvalue weighted by atomic mass is 10.3. The average Bonchev–Trinajstić information content (AvgIpc) is 2.27. The van der Waals surface area contributed by atoms with E-state index in [-0.39, 0.29) is 5.70 Å². The minimum atomic E-state index is -0.799. The van der Waals surface area contributed by atoms with Crippen LogP contribution in [0.1, 0.15) is 13.3 Å². The zero-order chi connectivity index (χ0) is 10.0. The summed E-state index contributed by atoms with van der Waals surface area (Å²) in [4.78, 5) is 21.8. The highest BCUT2D eigenvalue weighted by molar-refractivity contribution is 6.17. The van der Waals surface area contributed by atoms with Gasteiger partial charge in [0.2, 0.25) is 5.76 Å². The van der Waals surface area contributed by atoms with E-state index in [2.05, 4.69) is 0 Å². The van der Waals surface area contributed by atoms with Crippen LogP contribution in [0.4, 0.5) is 0 Å². The fourth-order valence-corrected chi connectivity index (χ4v) is 1.06. The summed E-state index contributed by atoms with van der Waals surface area (Å²) < 4.78 is 0. The SMILES string of the molecule is CCCN(N)C1=C(O)C(=O)NC1=O. The van der Waals surface area contributed by atoms with Crippen molar-refractivity contribution in [3.05, 3.63) is 11.5 Å². The van der Waals surface area contributed by atoms with Crippen molar-refractivity contribution in [3.63, 3.8) is 0 Å². The van der Waals surface area contributed by atoms with Crippen LogP contribution in [0.5, 0.6) is 0 Å². The van der Waals surface area contributed by atoms with Crippen molar-refractivity contribution >= 4 is 11.8 Å². The maximum absolute atomic E-state index is 11.0. The molecule has 13 heavy (non-hydrogen) atoms. The van der Waals surface area contributed by atoms with Crippen LogP contribution in [0.25, 0.3) is 0 Å². The predicted molar refractivity (Wildman–Crippen MR) is 44.0 cm³/mol. The summed E-state index contributed by atoms with van der Waals surface area (Å²) in [7, 11) is 0. The van der Waals surface area contributed by atoms with Crippen LogP contribution in [0.3, 0.4) is 0 Å². The molecule has 0 fully saturated rings. The quantitative estimate of drug-likeness (QED) is 0.298. The molecule has 0 unspecified atom stereocenters. The maximum Gasteiger partial charge on any atom is 0.295 e. The number of amides is 2. The first-order chi connectivity index (χ1) is 6.07. The van der Waals surface area contributed by atoms with Crippen LogP contribution >= 0.6 is 0 Å². The van der Waals surface area contributed by atoms with Crippen molar-refractivity contribution in [2.75, 3.05) is 6.54 Å². The summed E-state index contributed by atoms with van der Waals surface area (Å²) in [6.45, 7) is 2.27. The number of nitrogens with one attached hydrogen (secondary N) is 1. The van der Waals surface area contributed by atoms with E-state index in [9.17, 15) is 9.59 Å². The summed E-state index contributed by atoms with van der Waals surface area (Å²) >= 11 is 0. The van der Waals surface area contributed by atoms with Gasteiger partial charge in [0, 0.05) is 6.54 Å². The molecule has 0 atom stereocenters. The van der Waals surface area contributed by atoms with Crippen LogP contribution in [-0.2, 0) is 9.59 Å². The van der Waals surface area contributed by atoms with Crippen molar-refractivity contribution < 1.29 is 14.7 Å². The molecule has 4 N–H and O–H groups in total. The van der Waals surface area contributed by atoms with Crippen LogP contribution < -0.4 is 11.2 Å². The Morgan fingerprint density at radius 3 is 2.46 bits per heavy atom. The molecule has 1 heterocycles. The van der Waals surface area contributed by atoms with Crippen LogP contribution in [0.15, 0.2) is 11.5 Å². The van der Waals surface area contributed by atoms with Crippen molar-refractivity contribution in [3.8, 4) is 0 Å². The molecule has 0 saturated heterocycles. The molecule has 1 aliphatic heterocycles. The van der Waals surface area contributed by atoms with Gasteiger partial charge in [-0.15, -0.1) is 0 Å². The number of nitrogens with zero attached hydrogens (tertiary/aromatic N) is 1. The summed E-state index contributed by atoms with van der Waals surface area (Å²) in [6, 6.07) is 0. The minimum Gasteiger partial charge on any atom is -0.501 e. The van der Waals surface area contributed by atoms with E-state index >= 15 is 0 Å². The maximum atomic E-state index is 11.0. The molecule has 6 nitrogen and oxygen atoms in total. The molecule has 2 amide bonds. The van der Waals surface area contributed by atoms with Crippen LogP contribution in [0.2, 0.25) is 0 Å². The highest BCUT2D eigenvalue weighted by Gasteiger charge is 2.32. The Morgan fingerprint density at radius 2 is 2.08 bits per heavy atom. The van der Waals surface area contributed by atoms with Gasteiger partial charge in [-0.25, -0.2) is 5.84 Å². The standard InChI is InChI=1S/C7H11N3O3/c1-2-3-10(8)4-5(11)7(13)9-6(4)12/h2-3,8H2,1H3,(H2,9,11,12,13). The van der Waals surface area contributed by atoms with E-state index in [1.165, 1.54) is 0 Å². The van der Waals surface area contributed by atoms with E-state index in [0.29, 0.717) is 6.54 Å². The lowest BCUT2D eigenvalue weighted by molar-refractivity contribution is -0.125. The summed E-state index contributed by atoms with van der Waals surface area (Å²) in [6.07, 6.45) is 0.717. The molecular weight excluding hydrogens is 174 g/mol. The molecule has 0 aromatic rings. The van der Waals surface area contributed by atoms with Gasteiger partial charge in [-0.2, -0.15) is 0 Å². The Kier molecular flexibility index (Phi) is 2.52. The molecule has 0 radical (unpaired) electrons. The molecule has 0 bridgehead atoms. The van der Waals surface area contributed by atoms with Gasteiger partial charge in [-0.05, 0) is 6.42 Å². The van der Waals surface area contributed by atoms with Gasteiger partial charge in [0.1, 0.15) is 0 Å². The second-order valence-corrected chi connectivity index (χ2v) is 2.67. The van der Waals surface area contributed by atoms with Gasteiger partial charge in [0.05, 0.1) is 0 Å². The molecule has 0 spiro atoms. The van der Waals surface area contributed by atoms with Crippen molar-refractivity contribution in [2.45, 2.75) is 13.3 Å². The monoisotopic (exact) mass is 185 g/mol. The Balaban J connectivity index is 2.88. The van der Waals surface area contributed by atoms with Gasteiger partial charge in [-0.3, -0.25) is 14.9 Å². The summed E-state index contributed by atoms with van der Waals surface area (Å²) in [5.74, 6) is 3.37. The lowest BCUT2D eigenvalue weighted by Crippen LogP contribution is -2.36. The largest absolute Gasteiger partial charge is 0.501 e. The Morgan fingerprint density at radius 1 is 1.46 bits per heavy atom. The summed E-state index contributed by atoms with van der Waals surface area (Å²) in [5.41, 5.74) is -0.160. The number of nitrogens with two attached hydrogens (primary N) is 1. The number of aliphatic hydroxyl groups is 1. The van der Waals surface area contributed by atoms with Gasteiger partial charge in [0.25, 0.3) is 11.8 Å². The first-order valence-corrected chi connectivity index (χ1v) is 3.89. The highest BCUT2D eigenvalue weighted by Crippen LogP contribution is 2.11. The second-order valence-electron chi connectivity index (χ2n) is 2.67. The molecule has 1 aliphatic rings. The highest BCUT2D eigenvalue weighted by atomic mass is 16.3. The van der Waals surface area contributed by atoms with Gasteiger partial charge < -0.3 is 10.1 Å². The topological polar surface area (TPSA) is 95.7 Å². The van der Waals surface area contributed by atoms with E-state index in [1.54, 1.807) is 0 Å². The number of hydrazine groups is 1. The molecule has 0 aromatic carbocycles. The normalized spacial score (nSPS) is 16.5. The van der Waals surface area contributed by atoms with Gasteiger partial charge in [-0.1, -0.05) is 6.92 Å². The second kappa shape index (κ2) is 3.44. The molecular formula is C7H11N3O3.